The van der Waals surface area contributed by atoms with E-state index >= 15 is 0 Å². The third kappa shape index (κ3) is 4.05. The molecule has 1 atom stereocenters. The molecule has 1 fully saturated rings. The van der Waals surface area contributed by atoms with Gasteiger partial charge in [0.1, 0.15) is 5.75 Å². The molecule has 6 nitrogen and oxygen atoms in total. The van der Waals surface area contributed by atoms with Gasteiger partial charge in [-0.15, -0.1) is 0 Å². The highest BCUT2D eigenvalue weighted by molar-refractivity contribution is 6.02. The molecule has 0 aromatic heterocycles. The van der Waals surface area contributed by atoms with Crippen molar-refractivity contribution in [3.8, 4) is 5.75 Å². The minimum absolute atomic E-state index is 0.0337. The molecule has 2 aromatic carbocycles. The van der Waals surface area contributed by atoms with Gasteiger partial charge in [0.15, 0.2) is 6.10 Å². The molecule has 140 valence electrons. The third-order valence-electron chi connectivity index (χ3n) is 4.95. The Morgan fingerprint density at radius 1 is 1.07 bits per heavy atom. The predicted octanol–water partition coefficient (Wildman–Crippen LogP) is 3.41. The molecule has 0 aliphatic carbocycles. The lowest BCUT2D eigenvalue weighted by Gasteiger charge is -2.29. The molecule has 2 heterocycles. The Labute approximate surface area is 158 Å². The van der Waals surface area contributed by atoms with Gasteiger partial charge >= 0.3 is 0 Å². The zero-order valence-corrected chi connectivity index (χ0v) is 15.1. The van der Waals surface area contributed by atoms with Crippen LogP contribution >= 0.6 is 0 Å². The van der Waals surface area contributed by atoms with E-state index < -0.39 is 6.10 Å². The zero-order chi connectivity index (χ0) is 18.6. The SMILES string of the molecule is O=C(CC1Oc2ccccc2NC1=O)Nc1ccc(N2CCCCC2)cc1. The Bertz CT molecular complexity index is 829. The van der Waals surface area contributed by atoms with E-state index in [0.29, 0.717) is 11.4 Å². The van der Waals surface area contributed by atoms with Gasteiger partial charge in [-0.1, -0.05) is 12.1 Å². The first-order chi connectivity index (χ1) is 13.2. The van der Waals surface area contributed by atoms with Gasteiger partial charge in [0.25, 0.3) is 5.91 Å². The van der Waals surface area contributed by atoms with E-state index in [2.05, 4.69) is 15.5 Å². The van der Waals surface area contributed by atoms with E-state index in [1.807, 2.05) is 36.4 Å². The van der Waals surface area contributed by atoms with E-state index in [1.165, 1.54) is 24.9 Å². The molecular weight excluding hydrogens is 342 g/mol. The average molecular weight is 365 g/mol. The summed E-state index contributed by atoms with van der Waals surface area (Å²) in [4.78, 5) is 26.9. The Balaban J connectivity index is 1.35. The molecule has 2 aromatic rings. The predicted molar refractivity (Wildman–Crippen MR) is 105 cm³/mol. The normalized spacial score (nSPS) is 18.9. The Morgan fingerprint density at radius 2 is 1.81 bits per heavy atom. The fraction of sp³-hybridized carbons (Fsp3) is 0.333. The van der Waals surface area contributed by atoms with Crippen LogP contribution < -0.4 is 20.3 Å². The van der Waals surface area contributed by atoms with Crippen LogP contribution in [-0.2, 0) is 9.59 Å². The van der Waals surface area contributed by atoms with Crippen molar-refractivity contribution >= 4 is 28.9 Å². The molecule has 1 unspecified atom stereocenters. The second-order valence-electron chi connectivity index (χ2n) is 6.94. The number of anilines is 3. The van der Waals surface area contributed by atoms with E-state index in [9.17, 15) is 9.59 Å². The van der Waals surface area contributed by atoms with Gasteiger partial charge in [0.05, 0.1) is 12.1 Å². The largest absolute Gasteiger partial charge is 0.478 e. The van der Waals surface area contributed by atoms with Crippen molar-refractivity contribution in [3.63, 3.8) is 0 Å². The number of amides is 2. The molecule has 0 radical (unpaired) electrons. The van der Waals surface area contributed by atoms with Crippen LogP contribution in [0.1, 0.15) is 25.7 Å². The second kappa shape index (κ2) is 7.70. The number of carbonyl (C=O) groups is 2. The smallest absolute Gasteiger partial charge is 0.266 e. The minimum Gasteiger partial charge on any atom is -0.478 e. The topological polar surface area (TPSA) is 70.7 Å². The minimum atomic E-state index is -0.826. The van der Waals surface area contributed by atoms with Crippen LogP contribution in [0, 0.1) is 0 Å². The van der Waals surface area contributed by atoms with Gasteiger partial charge in [-0.3, -0.25) is 9.59 Å². The molecule has 2 amide bonds. The first kappa shape index (κ1) is 17.4. The summed E-state index contributed by atoms with van der Waals surface area (Å²) in [5.74, 6) is 0.0327. The summed E-state index contributed by atoms with van der Waals surface area (Å²) >= 11 is 0. The molecular formula is C21H23N3O3. The van der Waals surface area contributed by atoms with Gasteiger partial charge in [-0.05, 0) is 55.7 Å². The van der Waals surface area contributed by atoms with Crippen LogP contribution in [0.5, 0.6) is 5.75 Å². The van der Waals surface area contributed by atoms with E-state index in [-0.39, 0.29) is 18.2 Å². The molecule has 6 heteroatoms. The highest BCUT2D eigenvalue weighted by atomic mass is 16.5. The summed E-state index contributed by atoms with van der Waals surface area (Å²) < 4.78 is 5.67. The fourth-order valence-corrected chi connectivity index (χ4v) is 3.52. The van der Waals surface area contributed by atoms with Crippen molar-refractivity contribution in [2.45, 2.75) is 31.8 Å². The molecule has 4 rings (SSSR count). The first-order valence-electron chi connectivity index (χ1n) is 9.40. The van der Waals surface area contributed by atoms with Gasteiger partial charge in [-0.2, -0.15) is 0 Å². The number of hydrogen-bond acceptors (Lipinski definition) is 4. The lowest BCUT2D eigenvalue weighted by molar-refractivity contribution is -0.128. The van der Waals surface area contributed by atoms with Crippen molar-refractivity contribution < 1.29 is 14.3 Å². The third-order valence-corrected chi connectivity index (χ3v) is 4.95. The number of piperidine rings is 1. The van der Waals surface area contributed by atoms with Crippen LogP contribution in [0.25, 0.3) is 0 Å². The first-order valence-corrected chi connectivity index (χ1v) is 9.40. The van der Waals surface area contributed by atoms with Crippen molar-refractivity contribution in [2.24, 2.45) is 0 Å². The summed E-state index contributed by atoms with van der Waals surface area (Å²) in [5.41, 5.74) is 2.53. The van der Waals surface area contributed by atoms with Crippen LogP contribution in [-0.4, -0.2) is 31.0 Å². The monoisotopic (exact) mass is 365 g/mol. The lowest BCUT2D eigenvalue weighted by Crippen LogP contribution is -2.39. The highest BCUT2D eigenvalue weighted by Crippen LogP contribution is 2.29. The van der Waals surface area contributed by atoms with Gasteiger partial charge < -0.3 is 20.3 Å². The van der Waals surface area contributed by atoms with E-state index in [0.717, 1.165) is 18.8 Å². The molecule has 27 heavy (non-hydrogen) atoms. The number of benzene rings is 2. The summed E-state index contributed by atoms with van der Waals surface area (Å²) in [5, 5.41) is 5.62. The maximum atomic E-state index is 12.3. The number of hydrogen-bond donors (Lipinski definition) is 2. The van der Waals surface area contributed by atoms with Crippen LogP contribution in [0.2, 0.25) is 0 Å². The Kier molecular flexibility index (Phi) is 4.96. The molecule has 0 bridgehead atoms. The number of rotatable bonds is 4. The summed E-state index contributed by atoms with van der Waals surface area (Å²) in [7, 11) is 0. The highest BCUT2D eigenvalue weighted by Gasteiger charge is 2.29. The number of carbonyl (C=O) groups excluding carboxylic acids is 2. The number of nitrogens with zero attached hydrogens (tertiary/aromatic N) is 1. The standard InChI is InChI=1S/C21H23N3O3/c25-20(14-19-21(26)23-17-6-2-3-7-18(17)27-19)22-15-8-10-16(11-9-15)24-12-4-1-5-13-24/h2-3,6-11,19H,1,4-5,12-14H2,(H,22,25)(H,23,26). The van der Waals surface area contributed by atoms with Crippen molar-refractivity contribution in [1.29, 1.82) is 0 Å². The summed E-state index contributed by atoms with van der Waals surface area (Å²) in [6.07, 6.45) is 2.89. The average Bonchev–Trinajstić information content (AvgIpc) is 2.70. The van der Waals surface area contributed by atoms with E-state index in [4.69, 9.17) is 4.74 Å². The van der Waals surface area contributed by atoms with Crippen molar-refractivity contribution in [3.05, 3.63) is 48.5 Å². The maximum absolute atomic E-state index is 12.3. The van der Waals surface area contributed by atoms with Crippen LogP contribution in [0.15, 0.2) is 48.5 Å². The van der Waals surface area contributed by atoms with Crippen molar-refractivity contribution in [1.82, 2.24) is 0 Å². The number of nitrogens with one attached hydrogen (secondary N) is 2. The fourth-order valence-electron chi connectivity index (χ4n) is 3.52. The Hall–Kier alpha value is -3.02. The molecule has 2 aliphatic heterocycles. The summed E-state index contributed by atoms with van der Waals surface area (Å²) in [6.45, 7) is 2.17. The molecule has 2 aliphatic rings. The number of para-hydroxylation sites is 2. The van der Waals surface area contributed by atoms with Crippen LogP contribution in [0.4, 0.5) is 17.1 Å². The quantitative estimate of drug-likeness (QED) is 0.871. The molecule has 2 N–H and O–H groups in total. The lowest BCUT2D eigenvalue weighted by atomic mass is 10.1. The summed E-state index contributed by atoms with van der Waals surface area (Å²) in [6, 6.07) is 15.1. The zero-order valence-electron chi connectivity index (χ0n) is 15.1. The molecule has 1 saturated heterocycles. The Morgan fingerprint density at radius 3 is 2.59 bits per heavy atom. The maximum Gasteiger partial charge on any atom is 0.266 e. The second-order valence-corrected chi connectivity index (χ2v) is 6.94. The van der Waals surface area contributed by atoms with Gasteiger partial charge in [-0.25, -0.2) is 0 Å². The van der Waals surface area contributed by atoms with E-state index in [1.54, 1.807) is 12.1 Å². The van der Waals surface area contributed by atoms with Gasteiger partial charge in [0, 0.05) is 24.5 Å². The van der Waals surface area contributed by atoms with Crippen LogP contribution in [0.3, 0.4) is 0 Å². The van der Waals surface area contributed by atoms with Crippen molar-refractivity contribution in [2.75, 3.05) is 28.6 Å². The molecule has 0 saturated carbocycles. The molecule has 0 spiro atoms. The number of fused-ring (bicyclic) bond motifs is 1. The van der Waals surface area contributed by atoms with Gasteiger partial charge in [0.2, 0.25) is 5.91 Å². The number of ether oxygens (including phenoxy) is 1.